The lowest BCUT2D eigenvalue weighted by molar-refractivity contribution is -0.128. The molecule has 5 heteroatoms. The van der Waals surface area contributed by atoms with Crippen molar-refractivity contribution < 1.29 is 14.3 Å². The average Bonchev–Trinajstić information content (AvgIpc) is 2.59. The molecule has 2 aromatic rings. The van der Waals surface area contributed by atoms with Crippen LogP contribution in [0.2, 0.25) is 5.02 Å². The van der Waals surface area contributed by atoms with Crippen molar-refractivity contribution in [1.29, 1.82) is 0 Å². The zero-order valence-electron chi connectivity index (χ0n) is 13.2. The summed E-state index contributed by atoms with van der Waals surface area (Å²) in [5, 5.41) is 3.55. The van der Waals surface area contributed by atoms with Crippen molar-refractivity contribution in [2.24, 2.45) is 0 Å². The van der Waals surface area contributed by atoms with Crippen molar-refractivity contribution in [3.63, 3.8) is 0 Å². The highest BCUT2D eigenvalue weighted by atomic mass is 35.5. The van der Waals surface area contributed by atoms with E-state index in [1.54, 1.807) is 31.4 Å². The van der Waals surface area contributed by atoms with Crippen LogP contribution in [0, 0.1) is 0 Å². The molecule has 0 aromatic heterocycles. The first-order valence-corrected chi connectivity index (χ1v) is 7.83. The van der Waals surface area contributed by atoms with Gasteiger partial charge in [0.1, 0.15) is 11.5 Å². The third kappa shape index (κ3) is 5.18. The number of amides is 1. The Morgan fingerprint density at radius 2 is 1.87 bits per heavy atom. The Bertz CT molecular complexity index is 643. The summed E-state index contributed by atoms with van der Waals surface area (Å²) in [6.45, 7) is 2.35. The van der Waals surface area contributed by atoms with Gasteiger partial charge in [0.25, 0.3) is 5.91 Å². The van der Waals surface area contributed by atoms with E-state index in [0.717, 1.165) is 5.56 Å². The highest BCUT2D eigenvalue weighted by Gasteiger charge is 2.18. The van der Waals surface area contributed by atoms with Gasteiger partial charge in [0.2, 0.25) is 0 Å². The molecule has 0 heterocycles. The van der Waals surface area contributed by atoms with E-state index in [9.17, 15) is 4.79 Å². The van der Waals surface area contributed by atoms with E-state index in [1.807, 2.05) is 31.2 Å². The van der Waals surface area contributed by atoms with Crippen LogP contribution in [0.15, 0.2) is 48.5 Å². The number of carbonyl (C=O) groups is 1. The van der Waals surface area contributed by atoms with Crippen molar-refractivity contribution in [2.75, 3.05) is 7.11 Å². The minimum atomic E-state index is -0.547. The molecule has 0 bridgehead atoms. The first-order valence-electron chi connectivity index (χ1n) is 7.45. The van der Waals surface area contributed by atoms with Gasteiger partial charge in [0.15, 0.2) is 6.10 Å². The second-order valence-corrected chi connectivity index (χ2v) is 5.47. The van der Waals surface area contributed by atoms with Crippen LogP contribution in [0.3, 0.4) is 0 Å². The molecule has 2 rings (SSSR count). The lowest BCUT2D eigenvalue weighted by Crippen LogP contribution is -2.37. The molecule has 1 N–H and O–H groups in total. The number of benzene rings is 2. The molecule has 0 aliphatic carbocycles. The van der Waals surface area contributed by atoms with E-state index >= 15 is 0 Å². The standard InChI is InChI=1S/C18H20ClNO3/c1-3-17(23-16-6-4-5-15(11-16)22-2)18(21)20-12-13-7-9-14(19)10-8-13/h4-11,17H,3,12H2,1-2H3,(H,20,21)/t17-/m0/s1. The summed E-state index contributed by atoms with van der Waals surface area (Å²) < 4.78 is 10.9. The van der Waals surface area contributed by atoms with Gasteiger partial charge in [-0.3, -0.25) is 4.79 Å². The lowest BCUT2D eigenvalue weighted by Gasteiger charge is -2.17. The summed E-state index contributed by atoms with van der Waals surface area (Å²) in [7, 11) is 1.59. The van der Waals surface area contributed by atoms with Crippen molar-refractivity contribution in [3.05, 3.63) is 59.1 Å². The molecular formula is C18H20ClNO3. The van der Waals surface area contributed by atoms with Crippen LogP contribution in [0.5, 0.6) is 11.5 Å². The van der Waals surface area contributed by atoms with Gasteiger partial charge in [-0.1, -0.05) is 36.7 Å². The molecule has 0 spiro atoms. The van der Waals surface area contributed by atoms with Crippen LogP contribution in [-0.4, -0.2) is 19.1 Å². The highest BCUT2D eigenvalue weighted by Crippen LogP contribution is 2.20. The summed E-state index contributed by atoms with van der Waals surface area (Å²) in [5.74, 6) is 1.15. The van der Waals surface area contributed by atoms with Crippen molar-refractivity contribution in [3.8, 4) is 11.5 Å². The predicted molar refractivity (Wildman–Crippen MR) is 91.0 cm³/mol. The second-order valence-electron chi connectivity index (χ2n) is 5.04. The highest BCUT2D eigenvalue weighted by molar-refractivity contribution is 6.30. The molecule has 4 nitrogen and oxygen atoms in total. The molecule has 0 unspecified atom stereocenters. The maximum Gasteiger partial charge on any atom is 0.261 e. The monoisotopic (exact) mass is 333 g/mol. The molecule has 122 valence electrons. The smallest absolute Gasteiger partial charge is 0.261 e. The molecular weight excluding hydrogens is 314 g/mol. The van der Waals surface area contributed by atoms with E-state index in [2.05, 4.69) is 5.32 Å². The molecule has 0 saturated carbocycles. The van der Waals surface area contributed by atoms with Gasteiger partial charge < -0.3 is 14.8 Å². The van der Waals surface area contributed by atoms with Crippen LogP contribution in [-0.2, 0) is 11.3 Å². The van der Waals surface area contributed by atoms with Gasteiger partial charge in [-0.15, -0.1) is 0 Å². The molecule has 0 fully saturated rings. The van der Waals surface area contributed by atoms with E-state index in [0.29, 0.717) is 29.5 Å². The average molecular weight is 334 g/mol. The number of hydrogen-bond donors (Lipinski definition) is 1. The Morgan fingerprint density at radius 1 is 1.17 bits per heavy atom. The fourth-order valence-corrected chi connectivity index (χ4v) is 2.19. The second kappa shape index (κ2) is 8.44. The third-order valence-corrected chi connectivity index (χ3v) is 3.61. The number of nitrogens with one attached hydrogen (secondary N) is 1. The number of halogens is 1. The summed E-state index contributed by atoms with van der Waals surface area (Å²) >= 11 is 5.84. The summed E-state index contributed by atoms with van der Waals surface area (Å²) in [5.41, 5.74) is 0.985. The normalized spacial score (nSPS) is 11.6. The predicted octanol–water partition coefficient (Wildman–Crippen LogP) is 3.82. The van der Waals surface area contributed by atoms with Crippen LogP contribution >= 0.6 is 11.6 Å². The fraction of sp³-hybridized carbons (Fsp3) is 0.278. The van der Waals surface area contributed by atoms with Crippen LogP contribution in [0.25, 0.3) is 0 Å². The molecule has 23 heavy (non-hydrogen) atoms. The molecule has 0 aliphatic heterocycles. The number of ether oxygens (including phenoxy) is 2. The first-order chi connectivity index (χ1) is 11.1. The quantitative estimate of drug-likeness (QED) is 0.837. The zero-order chi connectivity index (χ0) is 16.7. The minimum Gasteiger partial charge on any atom is -0.497 e. The molecule has 1 amide bonds. The van der Waals surface area contributed by atoms with Crippen LogP contribution < -0.4 is 14.8 Å². The number of hydrogen-bond acceptors (Lipinski definition) is 3. The molecule has 1 atom stereocenters. The van der Waals surface area contributed by atoms with E-state index in [1.165, 1.54) is 0 Å². The number of methoxy groups -OCH3 is 1. The molecule has 2 aromatic carbocycles. The molecule has 0 aliphatic rings. The van der Waals surface area contributed by atoms with E-state index < -0.39 is 6.10 Å². The Hall–Kier alpha value is -2.20. The Labute approximate surface area is 141 Å². The van der Waals surface area contributed by atoms with Gasteiger partial charge in [-0.05, 0) is 36.2 Å². The van der Waals surface area contributed by atoms with Crippen molar-refractivity contribution in [2.45, 2.75) is 26.0 Å². The first kappa shape index (κ1) is 17.2. The van der Waals surface area contributed by atoms with Gasteiger partial charge in [-0.2, -0.15) is 0 Å². The summed E-state index contributed by atoms with van der Waals surface area (Å²) in [6.07, 6.45) is 0.0262. The van der Waals surface area contributed by atoms with Crippen LogP contribution in [0.1, 0.15) is 18.9 Å². The van der Waals surface area contributed by atoms with Crippen LogP contribution in [0.4, 0.5) is 0 Å². The molecule has 0 radical (unpaired) electrons. The Kier molecular flexibility index (Phi) is 6.29. The topological polar surface area (TPSA) is 47.6 Å². The van der Waals surface area contributed by atoms with Gasteiger partial charge in [0.05, 0.1) is 7.11 Å². The molecule has 0 saturated heterocycles. The summed E-state index contributed by atoms with van der Waals surface area (Å²) in [6, 6.07) is 14.6. The third-order valence-electron chi connectivity index (χ3n) is 3.36. The maximum absolute atomic E-state index is 12.3. The largest absolute Gasteiger partial charge is 0.497 e. The number of rotatable bonds is 7. The van der Waals surface area contributed by atoms with Gasteiger partial charge >= 0.3 is 0 Å². The van der Waals surface area contributed by atoms with E-state index in [-0.39, 0.29) is 5.91 Å². The number of carbonyl (C=O) groups excluding carboxylic acids is 1. The Morgan fingerprint density at radius 3 is 2.52 bits per heavy atom. The van der Waals surface area contributed by atoms with Gasteiger partial charge in [0, 0.05) is 17.6 Å². The SMILES string of the molecule is CC[C@H](Oc1cccc(OC)c1)C(=O)NCc1ccc(Cl)cc1. The van der Waals surface area contributed by atoms with Gasteiger partial charge in [-0.25, -0.2) is 0 Å². The van der Waals surface area contributed by atoms with Crippen molar-refractivity contribution in [1.82, 2.24) is 5.32 Å². The fourth-order valence-electron chi connectivity index (χ4n) is 2.07. The maximum atomic E-state index is 12.3. The zero-order valence-corrected chi connectivity index (χ0v) is 14.0. The van der Waals surface area contributed by atoms with E-state index in [4.69, 9.17) is 21.1 Å². The summed E-state index contributed by atoms with van der Waals surface area (Å²) in [4.78, 5) is 12.3. The lowest BCUT2D eigenvalue weighted by atomic mass is 10.2. The Balaban J connectivity index is 1.93. The van der Waals surface area contributed by atoms with Crippen molar-refractivity contribution >= 4 is 17.5 Å². The minimum absolute atomic E-state index is 0.148.